The summed E-state index contributed by atoms with van der Waals surface area (Å²) < 4.78 is 24.4. The van der Waals surface area contributed by atoms with Crippen molar-refractivity contribution in [2.45, 2.75) is 83.1 Å². The number of aryl methyl sites for hydroxylation is 12. The van der Waals surface area contributed by atoms with Gasteiger partial charge in [-0.25, -0.2) is 8.78 Å². The van der Waals surface area contributed by atoms with Crippen LogP contribution in [-0.2, 0) is 0 Å². The van der Waals surface area contributed by atoms with Crippen molar-refractivity contribution in [3.63, 3.8) is 0 Å². The van der Waals surface area contributed by atoms with Gasteiger partial charge >= 0.3 is 0 Å². The van der Waals surface area contributed by atoms with Gasteiger partial charge in [-0.2, -0.15) is 21.9 Å². The van der Waals surface area contributed by atoms with Gasteiger partial charge in [-0.05, 0) is 83.1 Å². The van der Waals surface area contributed by atoms with E-state index in [1.807, 2.05) is 0 Å². The van der Waals surface area contributed by atoms with Crippen LogP contribution >= 0.6 is 9.24 Å². The van der Waals surface area contributed by atoms with Crippen molar-refractivity contribution in [1.82, 2.24) is 0 Å². The molecule has 0 heterocycles. The lowest BCUT2D eigenvalue weighted by molar-refractivity contribution is 0.585. The van der Waals surface area contributed by atoms with E-state index >= 15 is 0 Å². The summed E-state index contributed by atoms with van der Waals surface area (Å²) in [5.41, 5.74) is 22.4. The van der Waals surface area contributed by atoms with Gasteiger partial charge < -0.3 is 0 Å². The monoisotopic (exact) mass is 634 g/mol. The molecule has 0 saturated carbocycles. The Bertz CT molecular complexity index is 1570. The molecular weight excluding hydrogens is 584 g/mol. The fraction of sp³-hybridized carbons (Fsp3) is 0.286. The third-order valence-corrected chi connectivity index (χ3v) is 10.0. The highest BCUT2D eigenvalue weighted by molar-refractivity contribution is 7.27. The highest BCUT2D eigenvalue weighted by atomic mass is 31.0. The molecule has 1 atom stereocenters. The normalized spacial score (nSPS) is 11.4. The zero-order valence-electron chi connectivity index (χ0n) is 29.9. The molecule has 0 radical (unpaired) electrons. The molecule has 5 aromatic carbocycles. The first-order valence-corrected chi connectivity index (χ1v) is 16.9. The van der Waals surface area contributed by atoms with Crippen LogP contribution in [0, 0.1) is 94.7 Å². The summed E-state index contributed by atoms with van der Waals surface area (Å²) in [6.07, 6.45) is -1.48. The van der Waals surface area contributed by atoms with Gasteiger partial charge in [0.15, 0.2) is 0 Å². The molecule has 0 N–H and O–H groups in total. The van der Waals surface area contributed by atoms with Gasteiger partial charge in [0.25, 0.3) is 0 Å². The molecule has 0 aliphatic heterocycles. The van der Waals surface area contributed by atoms with Crippen LogP contribution in [0.5, 0.6) is 0 Å². The lowest BCUT2D eigenvalue weighted by atomic mass is 9.10. The van der Waals surface area contributed by atoms with E-state index in [0.717, 1.165) is 6.07 Å². The summed E-state index contributed by atoms with van der Waals surface area (Å²) in [5.74, 6) is -1.03. The van der Waals surface area contributed by atoms with Gasteiger partial charge in [0.2, 0.25) is 0 Å². The molecular formula is C42H50BF2P. The molecule has 240 valence electrons. The molecule has 0 aliphatic rings. The highest BCUT2D eigenvalue weighted by Gasteiger charge is 2.39. The third kappa shape index (κ3) is 6.77. The molecule has 0 saturated heterocycles. The Labute approximate surface area is 278 Å². The summed E-state index contributed by atoms with van der Waals surface area (Å²) in [6, 6.07) is 22.6. The summed E-state index contributed by atoms with van der Waals surface area (Å²) >= 11 is 0. The van der Waals surface area contributed by atoms with Gasteiger partial charge in [0.05, 0.1) is 5.30 Å². The van der Waals surface area contributed by atoms with Crippen LogP contribution in [0.25, 0.3) is 0 Å². The molecule has 0 nitrogen and oxygen atoms in total. The largest absolute Gasteiger partial charge is 0.207 e. The van der Waals surface area contributed by atoms with Crippen LogP contribution in [0.2, 0.25) is 0 Å². The van der Waals surface area contributed by atoms with Crippen LogP contribution in [0.15, 0.2) is 66.7 Å². The summed E-state index contributed by atoms with van der Waals surface area (Å²) in [7, 11) is 1.45. The van der Waals surface area contributed by atoms with E-state index in [2.05, 4.69) is 132 Å². The van der Waals surface area contributed by atoms with Crippen LogP contribution in [0.1, 0.15) is 66.8 Å². The minimum absolute atomic E-state index is 0.514. The standard InChI is InChI=1S/C36H44B.C6H5F2P/c1-21-13-25(5)33(26(6)14-21)37(34-27(7)15-22(2)16-28(34)8,35-29(9)17-23(3)18-30(35)10)36-31(11)19-24(4)20-32(36)12;7-4-1-5(8)3-6(9)2-4/h13-20H,1-12H3;1-3H,9H2/q-1;/p+1. The van der Waals surface area contributed by atoms with E-state index in [1.165, 1.54) is 110 Å². The molecule has 0 aromatic heterocycles. The van der Waals surface area contributed by atoms with Crippen molar-refractivity contribution >= 4 is 42.5 Å². The molecule has 5 aromatic rings. The first-order chi connectivity index (χ1) is 21.5. The van der Waals surface area contributed by atoms with Crippen molar-refractivity contribution < 1.29 is 8.78 Å². The minimum atomic E-state index is -1.48. The number of benzene rings is 5. The van der Waals surface area contributed by atoms with Crippen molar-refractivity contribution in [2.75, 3.05) is 0 Å². The molecule has 1 unspecified atom stereocenters. The fourth-order valence-corrected chi connectivity index (χ4v) is 9.36. The number of hydrogen-bond acceptors (Lipinski definition) is 0. The molecule has 0 bridgehead atoms. The molecule has 0 amide bonds. The van der Waals surface area contributed by atoms with E-state index < -0.39 is 17.8 Å². The van der Waals surface area contributed by atoms with Gasteiger partial charge in [-0.1, -0.05) is 115 Å². The molecule has 5 rings (SSSR count). The van der Waals surface area contributed by atoms with Crippen LogP contribution in [0.4, 0.5) is 8.78 Å². The predicted octanol–water partition coefficient (Wildman–Crippen LogP) is 7.96. The predicted molar refractivity (Wildman–Crippen MR) is 204 cm³/mol. The lowest BCUT2D eigenvalue weighted by Crippen LogP contribution is -2.78. The van der Waals surface area contributed by atoms with E-state index in [9.17, 15) is 8.78 Å². The molecule has 0 spiro atoms. The average Bonchev–Trinajstić information content (AvgIpc) is 2.85. The Kier molecular flexibility index (Phi) is 10.5. The third-order valence-electron chi connectivity index (χ3n) is 9.61. The number of rotatable bonds is 4. The van der Waals surface area contributed by atoms with E-state index in [1.54, 1.807) is 0 Å². The second-order valence-electron chi connectivity index (χ2n) is 13.9. The van der Waals surface area contributed by atoms with E-state index in [0.29, 0.717) is 5.30 Å². The van der Waals surface area contributed by atoms with Crippen LogP contribution in [0.3, 0.4) is 0 Å². The van der Waals surface area contributed by atoms with Crippen LogP contribution < -0.4 is 27.2 Å². The lowest BCUT2D eigenvalue weighted by Gasteiger charge is -2.51. The second-order valence-corrected chi connectivity index (χ2v) is 14.7. The summed E-state index contributed by atoms with van der Waals surface area (Å²) in [4.78, 5) is 0. The molecule has 46 heavy (non-hydrogen) atoms. The Hall–Kier alpha value is -3.55. The smallest absolute Gasteiger partial charge is 0.130 e. The maximum Gasteiger partial charge on any atom is 0.130 e. The first kappa shape index (κ1) is 35.3. The maximum absolute atomic E-state index is 12.2. The van der Waals surface area contributed by atoms with Crippen molar-refractivity contribution in [2.24, 2.45) is 0 Å². The second kappa shape index (κ2) is 13.7. The summed E-state index contributed by atoms with van der Waals surface area (Å²) in [6.45, 7) is 27.6. The van der Waals surface area contributed by atoms with Gasteiger partial charge in [-0.15, -0.1) is 0 Å². The zero-order valence-corrected chi connectivity index (χ0v) is 31.3. The summed E-state index contributed by atoms with van der Waals surface area (Å²) in [5, 5.41) is 0.632. The topological polar surface area (TPSA) is 0 Å². The van der Waals surface area contributed by atoms with Crippen molar-refractivity contribution in [3.05, 3.63) is 145 Å². The zero-order chi connectivity index (χ0) is 34.2. The van der Waals surface area contributed by atoms with Gasteiger partial charge in [0, 0.05) is 27.4 Å². The van der Waals surface area contributed by atoms with E-state index in [-0.39, 0.29) is 0 Å². The van der Waals surface area contributed by atoms with E-state index in [4.69, 9.17) is 0 Å². The Morgan fingerprint density at radius 2 is 0.543 bits per heavy atom. The Balaban J connectivity index is 0.000000459. The molecule has 4 heteroatoms. The molecule has 0 fully saturated rings. The quantitative estimate of drug-likeness (QED) is 0.139. The van der Waals surface area contributed by atoms with Gasteiger partial charge in [-0.3, -0.25) is 0 Å². The highest BCUT2D eigenvalue weighted by Crippen LogP contribution is 2.25. The first-order valence-electron chi connectivity index (χ1n) is 16.2. The SMILES string of the molecule is Cc1cc(C)c([B-](c2c(C)cc(C)cc2C)(c2c(C)cc(C)cc2C)c2c(C)cc(C)cc2C)c(C)c1.Fc1cc(F)cc([PH3+])c1. The number of halogens is 2. The van der Waals surface area contributed by atoms with Crippen molar-refractivity contribution in [1.29, 1.82) is 0 Å². The molecule has 0 aliphatic carbocycles. The van der Waals surface area contributed by atoms with Crippen molar-refractivity contribution in [3.8, 4) is 0 Å². The Morgan fingerprint density at radius 1 is 0.348 bits per heavy atom. The van der Waals surface area contributed by atoms with Gasteiger partial charge in [0.1, 0.15) is 17.8 Å². The fourth-order valence-electron chi connectivity index (χ4n) is 8.97. The average molecular weight is 635 g/mol. The Morgan fingerprint density at radius 3 is 0.717 bits per heavy atom. The van der Waals surface area contributed by atoms with Crippen LogP contribution in [-0.4, -0.2) is 6.15 Å². The maximum atomic E-state index is 12.2. The minimum Gasteiger partial charge on any atom is -0.207 e. The number of hydrogen-bond donors (Lipinski definition) is 0.